The zero-order chi connectivity index (χ0) is 27.9. The number of benzene rings is 2. The Morgan fingerprint density at radius 1 is 0.949 bits per heavy atom. The summed E-state index contributed by atoms with van der Waals surface area (Å²) in [5.41, 5.74) is 2.67. The van der Waals surface area contributed by atoms with Crippen LogP contribution in [0.25, 0.3) is 0 Å². The van der Waals surface area contributed by atoms with Gasteiger partial charge in [-0.3, -0.25) is 19.2 Å². The summed E-state index contributed by atoms with van der Waals surface area (Å²) in [5.74, 6) is -0.974. The summed E-state index contributed by atoms with van der Waals surface area (Å²) in [6.45, 7) is 5.40. The first kappa shape index (κ1) is 28.1. The minimum atomic E-state index is -1.10. The molecule has 0 aliphatic carbocycles. The zero-order valence-corrected chi connectivity index (χ0v) is 22.9. The van der Waals surface area contributed by atoms with Crippen LogP contribution in [0.1, 0.15) is 48.2 Å². The molecule has 0 unspecified atom stereocenters. The van der Waals surface area contributed by atoms with E-state index in [9.17, 15) is 19.2 Å². The van der Waals surface area contributed by atoms with Gasteiger partial charge in [0, 0.05) is 20.1 Å². The van der Waals surface area contributed by atoms with Gasteiger partial charge in [0.2, 0.25) is 17.7 Å². The van der Waals surface area contributed by atoms with Crippen molar-refractivity contribution in [2.75, 3.05) is 33.3 Å². The molecule has 0 saturated carbocycles. The van der Waals surface area contributed by atoms with Crippen LogP contribution in [-0.2, 0) is 27.2 Å². The maximum Gasteiger partial charge on any atom is 0.255 e. The van der Waals surface area contributed by atoms with Crippen LogP contribution in [-0.4, -0.2) is 78.8 Å². The molecule has 2 atom stereocenters. The lowest BCUT2D eigenvalue weighted by atomic mass is 10.0. The molecule has 0 bridgehead atoms. The largest absolute Gasteiger partial charge is 0.491 e. The van der Waals surface area contributed by atoms with E-state index in [-0.39, 0.29) is 42.9 Å². The third kappa shape index (κ3) is 7.16. The molecule has 2 heterocycles. The second-order valence-electron chi connectivity index (χ2n) is 10.7. The van der Waals surface area contributed by atoms with Gasteiger partial charge in [0.25, 0.3) is 5.91 Å². The van der Waals surface area contributed by atoms with E-state index in [0.717, 1.165) is 0 Å². The fraction of sp³-hybridized carbons (Fsp3) is 0.467. The molecule has 4 rings (SSSR count). The number of nitrogens with one attached hydrogen (secondary N) is 2. The first-order chi connectivity index (χ1) is 18.7. The van der Waals surface area contributed by atoms with Gasteiger partial charge in [0.1, 0.15) is 24.4 Å². The van der Waals surface area contributed by atoms with Crippen molar-refractivity contribution in [1.82, 2.24) is 20.4 Å². The molecule has 2 aromatic rings. The van der Waals surface area contributed by atoms with Crippen molar-refractivity contribution < 1.29 is 23.9 Å². The van der Waals surface area contributed by atoms with Gasteiger partial charge in [-0.15, -0.1) is 0 Å². The lowest BCUT2D eigenvalue weighted by Gasteiger charge is -2.29. The molecule has 2 aromatic carbocycles. The monoisotopic (exact) mass is 534 g/mol. The molecule has 9 nitrogen and oxygen atoms in total. The van der Waals surface area contributed by atoms with Crippen LogP contribution in [0.4, 0.5) is 0 Å². The fourth-order valence-electron chi connectivity index (χ4n) is 5.13. The van der Waals surface area contributed by atoms with Crippen molar-refractivity contribution in [2.24, 2.45) is 5.92 Å². The Morgan fingerprint density at radius 2 is 1.59 bits per heavy atom. The zero-order valence-electron chi connectivity index (χ0n) is 22.9. The number of carbonyl (C=O) groups is 4. The van der Waals surface area contributed by atoms with Gasteiger partial charge in [-0.25, -0.2) is 0 Å². The highest BCUT2D eigenvalue weighted by molar-refractivity contribution is 6.01. The molecular formula is C30H38N4O5. The molecule has 2 aliphatic rings. The SMILES string of the molecule is CC(C)C[C@@H]1NC(=O)C[C@@H](C(=O)N2CCc3ccccc3CC2)NC(=O)c2ccccc2OCCN(C)C1=O. The molecular weight excluding hydrogens is 496 g/mol. The molecule has 2 N–H and O–H groups in total. The van der Waals surface area contributed by atoms with E-state index >= 15 is 0 Å². The summed E-state index contributed by atoms with van der Waals surface area (Å²) < 4.78 is 5.89. The number of fused-ring (bicyclic) bond motifs is 2. The Balaban J connectivity index is 1.61. The first-order valence-electron chi connectivity index (χ1n) is 13.7. The van der Waals surface area contributed by atoms with Crippen LogP contribution in [0, 0.1) is 5.92 Å². The first-order valence-corrected chi connectivity index (χ1v) is 13.7. The number of ether oxygens (including phenoxy) is 1. The standard InChI is InChI=1S/C30H38N4O5/c1-20(2)18-24-29(37)33(3)16-17-39-26-11-7-6-10-23(26)28(36)32-25(19-27(35)31-24)30(38)34-14-12-21-8-4-5-9-22(21)13-15-34/h4-11,20,24-25H,12-19H2,1-3H3,(H,31,35)(H,32,36)/t24-,25-/m0/s1. The van der Waals surface area contributed by atoms with Gasteiger partial charge in [-0.2, -0.15) is 0 Å². The average molecular weight is 535 g/mol. The fourth-order valence-corrected chi connectivity index (χ4v) is 5.13. The van der Waals surface area contributed by atoms with Crippen molar-refractivity contribution >= 4 is 23.6 Å². The van der Waals surface area contributed by atoms with E-state index < -0.39 is 23.9 Å². The summed E-state index contributed by atoms with van der Waals surface area (Å²) in [4.78, 5) is 56.9. The number of likely N-dealkylation sites (N-methyl/N-ethyl adjacent to an activating group) is 1. The van der Waals surface area contributed by atoms with Crippen LogP contribution >= 0.6 is 0 Å². The smallest absolute Gasteiger partial charge is 0.255 e. The quantitative estimate of drug-likeness (QED) is 0.628. The minimum Gasteiger partial charge on any atom is -0.491 e. The summed E-state index contributed by atoms with van der Waals surface area (Å²) in [5, 5.41) is 5.64. The van der Waals surface area contributed by atoms with Gasteiger partial charge < -0.3 is 25.2 Å². The molecule has 208 valence electrons. The second-order valence-corrected chi connectivity index (χ2v) is 10.7. The number of amides is 4. The average Bonchev–Trinajstić information content (AvgIpc) is 3.14. The number of hydrogen-bond donors (Lipinski definition) is 2. The number of nitrogens with zero attached hydrogens (tertiary/aromatic N) is 2. The molecule has 0 fully saturated rings. The Bertz CT molecular complexity index is 1190. The lowest BCUT2D eigenvalue weighted by molar-refractivity contribution is -0.138. The van der Waals surface area contributed by atoms with Gasteiger partial charge in [-0.05, 0) is 48.4 Å². The predicted octanol–water partition coefficient (Wildman–Crippen LogP) is 2.18. The summed E-state index contributed by atoms with van der Waals surface area (Å²) >= 11 is 0. The molecule has 2 aliphatic heterocycles. The molecule has 0 spiro atoms. The Labute approximate surface area is 229 Å². The van der Waals surface area contributed by atoms with Crippen molar-refractivity contribution in [2.45, 2.75) is 51.6 Å². The summed E-state index contributed by atoms with van der Waals surface area (Å²) in [7, 11) is 1.67. The predicted molar refractivity (Wildman–Crippen MR) is 147 cm³/mol. The highest BCUT2D eigenvalue weighted by Crippen LogP contribution is 2.20. The molecule has 0 saturated heterocycles. The molecule has 0 aromatic heterocycles. The molecule has 4 amide bonds. The normalized spacial score (nSPS) is 21.1. The lowest BCUT2D eigenvalue weighted by Crippen LogP contribution is -2.54. The summed E-state index contributed by atoms with van der Waals surface area (Å²) in [6.07, 6.45) is 1.57. The van der Waals surface area contributed by atoms with E-state index in [1.54, 1.807) is 36.2 Å². The summed E-state index contributed by atoms with van der Waals surface area (Å²) in [6, 6.07) is 13.1. The third-order valence-electron chi connectivity index (χ3n) is 7.26. The van der Waals surface area contributed by atoms with Crippen LogP contribution in [0.15, 0.2) is 48.5 Å². The van der Waals surface area contributed by atoms with E-state index in [4.69, 9.17) is 4.74 Å². The Hall–Kier alpha value is -3.88. The van der Waals surface area contributed by atoms with Crippen LogP contribution in [0.3, 0.4) is 0 Å². The van der Waals surface area contributed by atoms with Crippen molar-refractivity contribution in [1.29, 1.82) is 0 Å². The maximum absolute atomic E-state index is 13.8. The van der Waals surface area contributed by atoms with Crippen molar-refractivity contribution in [3.63, 3.8) is 0 Å². The van der Waals surface area contributed by atoms with Crippen molar-refractivity contribution in [3.8, 4) is 5.75 Å². The van der Waals surface area contributed by atoms with E-state index in [0.29, 0.717) is 38.1 Å². The minimum absolute atomic E-state index is 0.158. The van der Waals surface area contributed by atoms with Crippen LogP contribution < -0.4 is 15.4 Å². The highest BCUT2D eigenvalue weighted by Gasteiger charge is 2.32. The van der Waals surface area contributed by atoms with Crippen molar-refractivity contribution in [3.05, 3.63) is 65.2 Å². The van der Waals surface area contributed by atoms with Gasteiger partial charge in [0.05, 0.1) is 18.5 Å². The van der Waals surface area contributed by atoms with Crippen LogP contribution in [0.2, 0.25) is 0 Å². The van der Waals surface area contributed by atoms with E-state index in [2.05, 4.69) is 22.8 Å². The van der Waals surface area contributed by atoms with E-state index in [1.807, 2.05) is 26.0 Å². The van der Waals surface area contributed by atoms with Gasteiger partial charge in [-0.1, -0.05) is 50.2 Å². The topological polar surface area (TPSA) is 108 Å². The number of carbonyl (C=O) groups excluding carboxylic acids is 4. The number of para-hydroxylation sites is 1. The maximum atomic E-state index is 13.8. The molecule has 39 heavy (non-hydrogen) atoms. The number of rotatable bonds is 3. The number of hydrogen-bond acceptors (Lipinski definition) is 5. The molecule has 0 radical (unpaired) electrons. The molecule has 9 heteroatoms. The Kier molecular flexibility index (Phi) is 9.22. The van der Waals surface area contributed by atoms with Gasteiger partial charge in [0.15, 0.2) is 0 Å². The Morgan fingerprint density at radius 3 is 2.26 bits per heavy atom. The van der Waals surface area contributed by atoms with Gasteiger partial charge >= 0.3 is 0 Å². The second kappa shape index (κ2) is 12.8. The third-order valence-corrected chi connectivity index (χ3v) is 7.26. The van der Waals surface area contributed by atoms with E-state index in [1.165, 1.54) is 16.0 Å². The highest BCUT2D eigenvalue weighted by atomic mass is 16.5. The van der Waals surface area contributed by atoms with Crippen LogP contribution in [0.5, 0.6) is 5.75 Å².